The Balaban J connectivity index is 1.64. The summed E-state index contributed by atoms with van der Waals surface area (Å²) < 4.78 is 5.58. The molecule has 20 heavy (non-hydrogen) atoms. The molecule has 0 aromatic carbocycles. The Hall–Kier alpha value is -0.420. The molecule has 1 fully saturated rings. The fraction of sp³-hybridized carbons (Fsp3) is 0.750. The van der Waals surface area contributed by atoms with Crippen LogP contribution in [0.5, 0.6) is 0 Å². The highest BCUT2D eigenvalue weighted by Crippen LogP contribution is 2.26. The molecule has 1 aliphatic carbocycles. The van der Waals surface area contributed by atoms with Crippen molar-refractivity contribution in [1.29, 1.82) is 0 Å². The monoisotopic (exact) mass is 297 g/mol. The highest BCUT2D eigenvalue weighted by Gasteiger charge is 2.23. The van der Waals surface area contributed by atoms with E-state index >= 15 is 0 Å². The van der Waals surface area contributed by atoms with Gasteiger partial charge in [-0.25, -0.2) is 0 Å². The molecule has 4 heteroatoms. The topological polar surface area (TPSA) is 32.7 Å². The Bertz CT molecular complexity index is 369. The van der Waals surface area contributed by atoms with Gasteiger partial charge in [0.1, 0.15) is 0 Å². The summed E-state index contributed by atoms with van der Waals surface area (Å²) in [4.78, 5) is 3.53. The van der Waals surface area contributed by atoms with Gasteiger partial charge < -0.3 is 14.7 Å². The molecular weight excluding hydrogens is 270 g/mol. The Labute approximate surface area is 126 Å². The van der Waals surface area contributed by atoms with Crippen molar-refractivity contribution in [2.75, 3.05) is 20.2 Å². The third-order valence-electron chi connectivity index (χ3n) is 4.17. The van der Waals surface area contributed by atoms with Crippen molar-refractivity contribution >= 4 is 11.3 Å². The van der Waals surface area contributed by atoms with Gasteiger partial charge in [0.25, 0.3) is 0 Å². The van der Waals surface area contributed by atoms with Gasteiger partial charge in [-0.05, 0) is 37.3 Å². The molecule has 3 nitrogen and oxygen atoms in total. The molecule has 1 saturated carbocycles. The number of hydrogen-bond acceptors (Lipinski definition) is 4. The van der Waals surface area contributed by atoms with Gasteiger partial charge in [-0.15, -0.1) is 11.3 Å². The fourth-order valence-corrected chi connectivity index (χ4v) is 3.67. The van der Waals surface area contributed by atoms with Crippen LogP contribution in [0.2, 0.25) is 0 Å². The minimum absolute atomic E-state index is 0.391. The number of ether oxygens (including phenoxy) is 1. The average Bonchev–Trinajstić information content (AvgIpc) is 2.92. The second-order valence-corrected chi connectivity index (χ2v) is 7.15. The van der Waals surface area contributed by atoms with Gasteiger partial charge in [-0.2, -0.15) is 0 Å². The molecule has 3 atom stereocenters. The van der Waals surface area contributed by atoms with Crippen LogP contribution in [-0.2, 0) is 11.3 Å². The van der Waals surface area contributed by atoms with E-state index in [1.807, 2.05) is 11.4 Å². The molecule has 0 amide bonds. The number of hydrogen-bond donors (Lipinski definition) is 1. The lowest BCUT2D eigenvalue weighted by molar-refractivity contribution is 0.00389. The molecule has 3 unspecified atom stereocenters. The minimum atomic E-state index is -0.391. The minimum Gasteiger partial charge on any atom is -0.389 e. The first-order valence-corrected chi connectivity index (χ1v) is 8.51. The van der Waals surface area contributed by atoms with Gasteiger partial charge in [-0.3, -0.25) is 0 Å². The van der Waals surface area contributed by atoms with Crippen molar-refractivity contribution in [3.05, 3.63) is 22.4 Å². The van der Waals surface area contributed by atoms with Crippen LogP contribution in [0.4, 0.5) is 0 Å². The predicted octanol–water partition coefficient (Wildman–Crippen LogP) is 3.14. The van der Waals surface area contributed by atoms with Crippen LogP contribution >= 0.6 is 11.3 Å². The zero-order valence-electron chi connectivity index (χ0n) is 12.6. The zero-order valence-corrected chi connectivity index (χ0v) is 13.4. The van der Waals surface area contributed by atoms with E-state index in [2.05, 4.69) is 24.9 Å². The van der Waals surface area contributed by atoms with Gasteiger partial charge in [-0.1, -0.05) is 25.8 Å². The zero-order chi connectivity index (χ0) is 14.4. The van der Waals surface area contributed by atoms with E-state index in [0.29, 0.717) is 25.8 Å². The molecule has 1 aliphatic rings. The Kier molecular flexibility index (Phi) is 6.49. The molecule has 0 spiro atoms. The second-order valence-electron chi connectivity index (χ2n) is 6.11. The van der Waals surface area contributed by atoms with Crippen molar-refractivity contribution in [3.8, 4) is 0 Å². The number of rotatable bonds is 7. The lowest BCUT2D eigenvalue weighted by Crippen LogP contribution is -2.41. The van der Waals surface area contributed by atoms with Gasteiger partial charge >= 0.3 is 0 Å². The molecule has 1 heterocycles. The summed E-state index contributed by atoms with van der Waals surface area (Å²) >= 11 is 1.69. The first kappa shape index (κ1) is 16.0. The van der Waals surface area contributed by atoms with Gasteiger partial charge in [0.15, 0.2) is 0 Å². The molecule has 0 radical (unpaired) electrons. The van der Waals surface area contributed by atoms with Crippen molar-refractivity contribution < 1.29 is 9.84 Å². The molecule has 1 N–H and O–H groups in total. The first-order valence-electron chi connectivity index (χ1n) is 7.63. The van der Waals surface area contributed by atoms with Crippen LogP contribution in [0.25, 0.3) is 0 Å². The Morgan fingerprint density at radius 3 is 3.05 bits per heavy atom. The second kappa shape index (κ2) is 8.13. The van der Waals surface area contributed by atoms with E-state index in [1.165, 1.54) is 30.6 Å². The Morgan fingerprint density at radius 1 is 1.50 bits per heavy atom. The molecule has 114 valence electrons. The van der Waals surface area contributed by atoms with Crippen LogP contribution in [0.15, 0.2) is 17.5 Å². The van der Waals surface area contributed by atoms with E-state index in [1.54, 1.807) is 11.3 Å². The predicted molar refractivity (Wildman–Crippen MR) is 84.0 cm³/mol. The van der Waals surface area contributed by atoms with E-state index in [-0.39, 0.29) is 0 Å². The van der Waals surface area contributed by atoms with Crippen molar-refractivity contribution in [2.45, 2.75) is 51.4 Å². The molecular formula is C16H27NO2S. The van der Waals surface area contributed by atoms with Crippen molar-refractivity contribution in [2.24, 2.45) is 5.92 Å². The molecule has 0 aliphatic heterocycles. The molecule has 0 bridgehead atoms. The fourth-order valence-electron chi connectivity index (χ4n) is 3.03. The standard InChI is InChI=1S/C16H27NO2S/c1-13-5-3-6-14(9-13)17(2)10-15(18)11-19-12-16-7-4-8-20-16/h4,7-8,13-15,18H,3,5-6,9-12H2,1-2H3. The average molecular weight is 297 g/mol. The third-order valence-corrected chi connectivity index (χ3v) is 5.02. The van der Waals surface area contributed by atoms with Crippen LogP contribution in [0.1, 0.15) is 37.5 Å². The Morgan fingerprint density at radius 2 is 2.35 bits per heavy atom. The quantitative estimate of drug-likeness (QED) is 0.839. The summed E-state index contributed by atoms with van der Waals surface area (Å²) in [5.41, 5.74) is 0. The summed E-state index contributed by atoms with van der Waals surface area (Å²) in [5.74, 6) is 0.823. The highest BCUT2D eigenvalue weighted by molar-refractivity contribution is 7.09. The van der Waals surface area contributed by atoms with Crippen LogP contribution in [0, 0.1) is 5.92 Å². The van der Waals surface area contributed by atoms with E-state index in [4.69, 9.17) is 4.74 Å². The largest absolute Gasteiger partial charge is 0.389 e. The molecule has 2 rings (SSSR count). The van der Waals surface area contributed by atoms with Crippen molar-refractivity contribution in [3.63, 3.8) is 0 Å². The third kappa shape index (κ3) is 5.17. The lowest BCUT2D eigenvalue weighted by atomic mass is 9.86. The SMILES string of the molecule is CC1CCCC(N(C)CC(O)COCc2cccs2)C1. The number of likely N-dealkylation sites (N-methyl/N-ethyl adjacent to an activating group) is 1. The summed E-state index contributed by atoms with van der Waals surface area (Å²) in [6.45, 7) is 4.08. The first-order chi connectivity index (χ1) is 9.65. The lowest BCUT2D eigenvalue weighted by Gasteiger charge is -2.35. The maximum absolute atomic E-state index is 10.1. The number of nitrogens with zero attached hydrogens (tertiary/aromatic N) is 1. The van der Waals surface area contributed by atoms with Crippen LogP contribution in [-0.4, -0.2) is 42.4 Å². The van der Waals surface area contributed by atoms with Gasteiger partial charge in [0.05, 0.1) is 19.3 Å². The van der Waals surface area contributed by atoms with Gasteiger partial charge in [0, 0.05) is 17.5 Å². The highest BCUT2D eigenvalue weighted by atomic mass is 32.1. The van der Waals surface area contributed by atoms with E-state index in [0.717, 1.165) is 5.92 Å². The summed E-state index contributed by atoms with van der Waals surface area (Å²) in [6.07, 6.45) is 4.82. The molecule has 1 aromatic heterocycles. The summed E-state index contributed by atoms with van der Waals surface area (Å²) in [6, 6.07) is 4.72. The smallest absolute Gasteiger partial charge is 0.0900 e. The molecule has 1 aromatic rings. The van der Waals surface area contributed by atoms with E-state index < -0.39 is 6.10 Å². The van der Waals surface area contributed by atoms with Gasteiger partial charge in [0.2, 0.25) is 0 Å². The number of aliphatic hydroxyl groups excluding tert-OH is 1. The van der Waals surface area contributed by atoms with E-state index in [9.17, 15) is 5.11 Å². The number of thiophene rings is 1. The molecule has 0 saturated heterocycles. The van der Waals surface area contributed by atoms with Crippen LogP contribution < -0.4 is 0 Å². The summed E-state index contributed by atoms with van der Waals surface area (Å²) in [7, 11) is 2.13. The normalized spacial score (nSPS) is 25.0. The number of aliphatic hydroxyl groups is 1. The van der Waals surface area contributed by atoms with Crippen molar-refractivity contribution in [1.82, 2.24) is 4.90 Å². The summed E-state index contributed by atoms with van der Waals surface area (Å²) in [5, 5.41) is 12.1. The maximum Gasteiger partial charge on any atom is 0.0900 e. The van der Waals surface area contributed by atoms with Crippen LogP contribution in [0.3, 0.4) is 0 Å². The maximum atomic E-state index is 10.1.